The van der Waals surface area contributed by atoms with Crippen molar-refractivity contribution in [2.24, 2.45) is 0 Å². The summed E-state index contributed by atoms with van der Waals surface area (Å²) in [5, 5.41) is 3.90. The highest BCUT2D eigenvalue weighted by Gasteiger charge is 2.11. The van der Waals surface area contributed by atoms with E-state index in [1.807, 2.05) is 61.5 Å². The van der Waals surface area contributed by atoms with Crippen molar-refractivity contribution in [3.63, 3.8) is 0 Å². The summed E-state index contributed by atoms with van der Waals surface area (Å²) in [5.74, 6) is -0.118. The zero-order chi connectivity index (χ0) is 18.1. The zero-order valence-electron chi connectivity index (χ0n) is 13.9. The summed E-state index contributed by atoms with van der Waals surface area (Å²) >= 11 is 3.77. The molecule has 0 saturated carbocycles. The van der Waals surface area contributed by atoms with Gasteiger partial charge in [-0.2, -0.15) is 0 Å². The van der Waals surface area contributed by atoms with Gasteiger partial charge in [-0.05, 0) is 77.5 Å². The van der Waals surface area contributed by atoms with E-state index < -0.39 is 0 Å². The summed E-state index contributed by atoms with van der Waals surface area (Å²) in [5.41, 5.74) is 4.29. The Morgan fingerprint density at radius 1 is 1.12 bits per heavy atom. The lowest BCUT2D eigenvalue weighted by Crippen LogP contribution is -2.12. The molecule has 2 heterocycles. The molecular weight excluding hydrogens is 457 g/mol. The number of halogens is 1. The number of anilines is 1. The van der Waals surface area contributed by atoms with Crippen LogP contribution >= 0.6 is 33.9 Å². The molecule has 2 aromatic heterocycles. The molecule has 1 N–H and O–H groups in total. The first-order valence-corrected chi connectivity index (χ1v) is 9.89. The molecule has 4 aromatic rings. The van der Waals surface area contributed by atoms with Crippen LogP contribution in [0.4, 0.5) is 5.69 Å². The lowest BCUT2D eigenvalue weighted by Gasteiger charge is -2.10. The number of fused-ring (bicyclic) bond motifs is 1. The number of pyridine rings is 1. The number of benzene rings is 2. The van der Waals surface area contributed by atoms with Gasteiger partial charge in [-0.25, -0.2) is 9.97 Å². The third-order valence-electron chi connectivity index (χ3n) is 4.01. The molecule has 0 atom stereocenters. The van der Waals surface area contributed by atoms with Crippen molar-refractivity contribution in [3.05, 3.63) is 75.5 Å². The van der Waals surface area contributed by atoms with E-state index in [4.69, 9.17) is 0 Å². The van der Waals surface area contributed by atoms with E-state index in [9.17, 15) is 4.79 Å². The Balaban J connectivity index is 1.65. The van der Waals surface area contributed by atoms with Crippen molar-refractivity contribution in [1.82, 2.24) is 9.97 Å². The number of hydrogen-bond donors (Lipinski definition) is 1. The highest BCUT2D eigenvalue weighted by Crippen LogP contribution is 2.31. The van der Waals surface area contributed by atoms with Crippen LogP contribution < -0.4 is 5.32 Å². The van der Waals surface area contributed by atoms with Crippen LogP contribution in [0.2, 0.25) is 0 Å². The Morgan fingerprint density at radius 2 is 1.92 bits per heavy atom. The second-order valence-electron chi connectivity index (χ2n) is 5.84. The standard InChI is InChI=1S/C20H14IN3OS/c1-12-4-5-14(19-24-16-3-2-10-22-20(16)26-19)11-17(12)23-18(25)13-6-8-15(21)9-7-13/h2-11H,1H3,(H,23,25). The average molecular weight is 471 g/mol. The van der Waals surface area contributed by atoms with Crippen LogP contribution in [0.1, 0.15) is 15.9 Å². The molecule has 0 radical (unpaired) electrons. The van der Waals surface area contributed by atoms with Crippen LogP contribution in [-0.4, -0.2) is 15.9 Å². The van der Waals surface area contributed by atoms with Gasteiger partial charge in [0.1, 0.15) is 15.4 Å². The van der Waals surface area contributed by atoms with E-state index in [0.717, 1.165) is 35.7 Å². The molecule has 0 unspecified atom stereocenters. The van der Waals surface area contributed by atoms with Gasteiger partial charge in [0.05, 0.1) is 0 Å². The van der Waals surface area contributed by atoms with E-state index in [1.54, 1.807) is 17.5 Å². The number of rotatable bonds is 3. The van der Waals surface area contributed by atoms with Crippen LogP contribution in [-0.2, 0) is 0 Å². The van der Waals surface area contributed by atoms with Gasteiger partial charge in [-0.1, -0.05) is 23.5 Å². The molecule has 128 valence electrons. The highest BCUT2D eigenvalue weighted by molar-refractivity contribution is 14.1. The molecule has 26 heavy (non-hydrogen) atoms. The Bertz CT molecular complexity index is 1070. The summed E-state index contributed by atoms with van der Waals surface area (Å²) in [6.07, 6.45) is 1.77. The van der Waals surface area contributed by atoms with E-state index in [2.05, 4.69) is 37.9 Å². The van der Waals surface area contributed by atoms with Crippen LogP contribution in [0.15, 0.2) is 60.8 Å². The molecule has 0 aliphatic heterocycles. The Kier molecular flexibility index (Phi) is 4.69. The highest BCUT2D eigenvalue weighted by atomic mass is 127. The number of hydrogen-bond acceptors (Lipinski definition) is 4. The number of thiazole rings is 1. The number of carbonyl (C=O) groups is 1. The molecule has 1 amide bonds. The largest absolute Gasteiger partial charge is 0.322 e. The summed E-state index contributed by atoms with van der Waals surface area (Å²) in [4.78, 5) is 22.4. The Hall–Kier alpha value is -2.32. The minimum Gasteiger partial charge on any atom is -0.322 e. The van der Waals surface area contributed by atoms with Gasteiger partial charge in [0.15, 0.2) is 0 Å². The molecule has 4 nitrogen and oxygen atoms in total. The molecule has 4 rings (SSSR count). The van der Waals surface area contributed by atoms with E-state index >= 15 is 0 Å². The number of nitrogens with one attached hydrogen (secondary N) is 1. The van der Waals surface area contributed by atoms with Gasteiger partial charge in [-0.15, -0.1) is 0 Å². The van der Waals surface area contributed by atoms with Gasteiger partial charge in [0.2, 0.25) is 0 Å². The molecule has 0 spiro atoms. The fourth-order valence-corrected chi connectivity index (χ4v) is 3.84. The van der Waals surface area contributed by atoms with Crippen LogP contribution in [0.3, 0.4) is 0 Å². The Labute approximate surface area is 168 Å². The maximum Gasteiger partial charge on any atom is 0.255 e. The SMILES string of the molecule is Cc1ccc(-c2nc3cccnc3s2)cc1NC(=O)c1ccc(I)cc1. The van der Waals surface area contributed by atoms with Crippen molar-refractivity contribution in [2.75, 3.05) is 5.32 Å². The van der Waals surface area contributed by atoms with E-state index in [0.29, 0.717) is 5.56 Å². The van der Waals surface area contributed by atoms with Crippen molar-refractivity contribution in [2.45, 2.75) is 6.92 Å². The maximum atomic E-state index is 12.5. The van der Waals surface area contributed by atoms with E-state index in [-0.39, 0.29) is 5.91 Å². The molecule has 0 fully saturated rings. The minimum atomic E-state index is -0.118. The van der Waals surface area contributed by atoms with Crippen molar-refractivity contribution in [1.29, 1.82) is 0 Å². The van der Waals surface area contributed by atoms with Crippen molar-refractivity contribution < 1.29 is 4.79 Å². The normalized spacial score (nSPS) is 10.8. The van der Waals surface area contributed by atoms with Crippen LogP contribution in [0.5, 0.6) is 0 Å². The van der Waals surface area contributed by atoms with E-state index in [1.165, 1.54) is 0 Å². The number of nitrogens with zero attached hydrogens (tertiary/aromatic N) is 2. The monoisotopic (exact) mass is 471 g/mol. The molecule has 0 aliphatic rings. The molecule has 0 bridgehead atoms. The Morgan fingerprint density at radius 3 is 2.69 bits per heavy atom. The van der Waals surface area contributed by atoms with Gasteiger partial charge >= 0.3 is 0 Å². The molecule has 6 heteroatoms. The first-order valence-electron chi connectivity index (χ1n) is 8.00. The summed E-state index contributed by atoms with van der Waals surface area (Å²) in [7, 11) is 0. The van der Waals surface area contributed by atoms with Crippen LogP contribution in [0, 0.1) is 10.5 Å². The smallest absolute Gasteiger partial charge is 0.255 e. The number of carbonyl (C=O) groups excluding carboxylic acids is 1. The topological polar surface area (TPSA) is 54.9 Å². The van der Waals surface area contributed by atoms with Gasteiger partial charge in [0.25, 0.3) is 5.91 Å². The first-order chi connectivity index (χ1) is 12.6. The quantitative estimate of drug-likeness (QED) is 0.400. The predicted molar refractivity (Wildman–Crippen MR) is 115 cm³/mol. The fraction of sp³-hybridized carbons (Fsp3) is 0.0500. The lowest BCUT2D eigenvalue weighted by molar-refractivity contribution is 0.102. The summed E-state index contributed by atoms with van der Waals surface area (Å²) < 4.78 is 1.10. The summed E-state index contributed by atoms with van der Waals surface area (Å²) in [6, 6.07) is 17.3. The van der Waals surface area contributed by atoms with Gasteiger partial charge < -0.3 is 5.32 Å². The van der Waals surface area contributed by atoms with Crippen molar-refractivity contribution >= 4 is 55.9 Å². The number of aromatic nitrogens is 2. The second kappa shape index (κ2) is 7.13. The van der Waals surface area contributed by atoms with Gasteiger partial charge in [0, 0.05) is 26.6 Å². The average Bonchev–Trinajstić information content (AvgIpc) is 3.08. The number of aryl methyl sites for hydroxylation is 1. The fourth-order valence-electron chi connectivity index (χ4n) is 2.58. The van der Waals surface area contributed by atoms with Gasteiger partial charge in [-0.3, -0.25) is 4.79 Å². The summed E-state index contributed by atoms with van der Waals surface area (Å²) in [6.45, 7) is 1.98. The van der Waals surface area contributed by atoms with Crippen molar-refractivity contribution in [3.8, 4) is 10.6 Å². The third kappa shape index (κ3) is 3.47. The number of amides is 1. The zero-order valence-corrected chi connectivity index (χ0v) is 16.8. The maximum absolute atomic E-state index is 12.5. The molecule has 2 aromatic carbocycles. The second-order valence-corrected chi connectivity index (χ2v) is 8.06. The first kappa shape index (κ1) is 17.1. The molecule has 0 saturated heterocycles. The molecule has 0 aliphatic carbocycles. The predicted octanol–water partition coefficient (Wildman–Crippen LogP) is 5.52. The lowest BCUT2D eigenvalue weighted by atomic mass is 10.1. The molecular formula is C20H14IN3OS. The van der Waals surface area contributed by atoms with Crippen LogP contribution in [0.25, 0.3) is 20.9 Å². The third-order valence-corrected chi connectivity index (χ3v) is 5.75. The minimum absolute atomic E-state index is 0.118.